The lowest BCUT2D eigenvalue weighted by Crippen LogP contribution is -2.29. The second kappa shape index (κ2) is 11.7. The zero-order valence-electron chi connectivity index (χ0n) is 19.1. The number of ether oxygens (including phenoxy) is 1. The fourth-order valence-electron chi connectivity index (χ4n) is 3.19. The van der Waals surface area contributed by atoms with Crippen LogP contribution in [0.5, 0.6) is 5.75 Å². The van der Waals surface area contributed by atoms with Gasteiger partial charge in [-0.1, -0.05) is 19.3 Å². The summed E-state index contributed by atoms with van der Waals surface area (Å²) in [6.07, 6.45) is 7.76. The Hall–Kier alpha value is -1.77. The van der Waals surface area contributed by atoms with E-state index in [1.807, 2.05) is 29.7 Å². The minimum absolute atomic E-state index is 0.00829. The summed E-state index contributed by atoms with van der Waals surface area (Å²) in [6.45, 7) is 9.89. The first-order valence-corrected chi connectivity index (χ1v) is 12.4. The summed E-state index contributed by atoms with van der Waals surface area (Å²) in [5.74, 6) is 0.937. The maximum absolute atomic E-state index is 9.87. The molecule has 0 atom stereocenters. The van der Waals surface area contributed by atoms with Crippen molar-refractivity contribution < 1.29 is 14.6 Å². The molecule has 0 unspecified atom stereocenters. The smallest absolute Gasteiger partial charge is 0.404 e. The molecule has 1 fully saturated rings. The molecule has 1 saturated carbocycles. The van der Waals surface area contributed by atoms with E-state index in [-0.39, 0.29) is 11.6 Å². The van der Waals surface area contributed by atoms with E-state index in [2.05, 4.69) is 36.0 Å². The quantitative estimate of drug-likeness (QED) is 0.439. The highest BCUT2D eigenvalue weighted by molar-refractivity contribution is 7.97. The van der Waals surface area contributed by atoms with E-state index in [4.69, 9.17) is 4.98 Å². The van der Waals surface area contributed by atoms with Gasteiger partial charge in [-0.3, -0.25) is 4.72 Å². The average Bonchev–Trinajstić information content (AvgIpc) is 3.16. The van der Waals surface area contributed by atoms with Crippen LogP contribution in [-0.2, 0) is 4.74 Å². The fraction of sp³-hybridized carbons (Fsp3) is 0.565. The monoisotopic (exact) mass is 465 g/mol. The largest absolute Gasteiger partial charge is 0.508 e. The van der Waals surface area contributed by atoms with Gasteiger partial charge in [0.05, 0.1) is 16.0 Å². The summed E-state index contributed by atoms with van der Waals surface area (Å²) < 4.78 is 7.82. The maximum atomic E-state index is 9.87. The van der Waals surface area contributed by atoms with Gasteiger partial charge in [-0.25, -0.2) is 9.78 Å². The number of phenolic OH excluding ortho intramolecular Hbond substituents is 1. The van der Waals surface area contributed by atoms with Crippen LogP contribution in [0.2, 0.25) is 0 Å². The Morgan fingerprint density at radius 2 is 1.97 bits per heavy atom. The van der Waals surface area contributed by atoms with Crippen LogP contribution >= 0.6 is 23.3 Å². The molecule has 0 bridgehead atoms. The molecule has 1 aliphatic carbocycles. The second-order valence-corrected chi connectivity index (χ2v) is 10.9. The van der Waals surface area contributed by atoms with Crippen molar-refractivity contribution >= 4 is 29.4 Å². The zero-order chi connectivity index (χ0) is 23.0. The number of amides is 1. The van der Waals surface area contributed by atoms with Crippen molar-refractivity contribution in [2.45, 2.75) is 89.2 Å². The Bertz CT molecular complexity index is 841. The number of benzene rings is 1. The van der Waals surface area contributed by atoms with Gasteiger partial charge in [-0.15, -0.1) is 11.3 Å². The molecule has 8 heteroatoms. The molecule has 172 valence electrons. The van der Waals surface area contributed by atoms with Crippen LogP contribution in [0.3, 0.4) is 0 Å². The Balaban J connectivity index is 0.000000423. The molecular formula is C23H35N3O3S2. The predicted octanol–water partition coefficient (Wildman–Crippen LogP) is 6.45. The maximum Gasteiger partial charge on any atom is 0.404 e. The molecule has 1 heterocycles. The number of phenols is 1. The lowest BCUT2D eigenvalue weighted by Gasteiger charge is -2.20. The van der Waals surface area contributed by atoms with Crippen molar-refractivity contribution in [3.63, 3.8) is 0 Å². The highest BCUT2D eigenvalue weighted by Crippen LogP contribution is 2.40. The van der Waals surface area contributed by atoms with Gasteiger partial charge < -0.3 is 15.6 Å². The van der Waals surface area contributed by atoms with Crippen LogP contribution in [0.25, 0.3) is 10.4 Å². The molecular weight excluding hydrogens is 430 g/mol. The number of carbonyl (C=O) groups is 1. The molecule has 4 N–H and O–H groups in total. The zero-order valence-corrected chi connectivity index (χ0v) is 20.7. The molecule has 0 radical (unpaired) electrons. The van der Waals surface area contributed by atoms with E-state index < -0.39 is 6.09 Å². The standard InChI is InChI=1S/C19H26N2OS2.C4H9NO2/c1-19(2,3)21-24-16-11-14(22)9-10-15(16)17-12-20-18(23-17)13-7-5-4-6-8-13;1-3(2)7-4(5)6/h9-13,21-22H,4-8H2,1-3H3;3H,1-2H3,(H2,5,6). The van der Waals surface area contributed by atoms with Crippen LogP contribution < -0.4 is 10.5 Å². The molecule has 3 rings (SSSR count). The Morgan fingerprint density at radius 3 is 2.52 bits per heavy atom. The number of aromatic nitrogens is 1. The van der Waals surface area contributed by atoms with Crippen LogP contribution in [0.1, 0.15) is 77.6 Å². The van der Waals surface area contributed by atoms with Gasteiger partial charge in [0.25, 0.3) is 0 Å². The average molecular weight is 466 g/mol. The Labute approximate surface area is 194 Å². The number of nitrogens with one attached hydrogen (secondary N) is 1. The molecule has 6 nitrogen and oxygen atoms in total. The SMILES string of the molecule is CC(C)(C)NSc1cc(O)ccc1-c1cnc(C2CCCCC2)s1.CC(C)OC(N)=O. The number of primary amides is 1. The molecule has 2 aromatic rings. The third kappa shape index (κ3) is 9.09. The molecule has 31 heavy (non-hydrogen) atoms. The molecule has 1 aromatic carbocycles. The van der Waals surface area contributed by atoms with E-state index in [0.29, 0.717) is 11.7 Å². The van der Waals surface area contributed by atoms with Crippen molar-refractivity contribution in [2.75, 3.05) is 0 Å². The van der Waals surface area contributed by atoms with Gasteiger partial charge in [0.2, 0.25) is 0 Å². The summed E-state index contributed by atoms with van der Waals surface area (Å²) in [5.41, 5.74) is 5.79. The lowest BCUT2D eigenvalue weighted by molar-refractivity contribution is 0.125. The summed E-state index contributed by atoms with van der Waals surface area (Å²) in [7, 11) is 0. The Kier molecular flexibility index (Phi) is 9.65. The van der Waals surface area contributed by atoms with Gasteiger partial charge in [-0.05, 0) is 77.6 Å². The van der Waals surface area contributed by atoms with Gasteiger partial charge in [0.15, 0.2) is 0 Å². The normalized spacial score (nSPS) is 14.8. The van der Waals surface area contributed by atoms with Gasteiger partial charge in [-0.2, -0.15) is 0 Å². The summed E-state index contributed by atoms with van der Waals surface area (Å²) in [6, 6.07) is 5.59. The van der Waals surface area contributed by atoms with E-state index in [1.54, 1.807) is 31.9 Å². The number of nitrogens with two attached hydrogens (primary N) is 1. The van der Waals surface area contributed by atoms with E-state index in [0.717, 1.165) is 10.5 Å². The summed E-state index contributed by atoms with van der Waals surface area (Å²) in [4.78, 5) is 16.8. The minimum atomic E-state index is -0.713. The van der Waals surface area contributed by atoms with Gasteiger partial charge >= 0.3 is 6.09 Å². The summed E-state index contributed by atoms with van der Waals surface area (Å²) in [5, 5.41) is 11.1. The van der Waals surface area contributed by atoms with Crippen molar-refractivity contribution in [2.24, 2.45) is 5.73 Å². The van der Waals surface area contributed by atoms with Gasteiger partial charge in [0, 0.05) is 28.1 Å². The van der Waals surface area contributed by atoms with Crippen molar-refractivity contribution in [3.05, 3.63) is 29.4 Å². The first-order chi connectivity index (χ1) is 14.5. The molecule has 1 amide bonds. The number of thiazole rings is 1. The molecule has 0 aliphatic heterocycles. The van der Waals surface area contributed by atoms with E-state index in [1.165, 1.54) is 42.0 Å². The van der Waals surface area contributed by atoms with Crippen molar-refractivity contribution in [3.8, 4) is 16.2 Å². The van der Waals surface area contributed by atoms with Crippen LogP contribution in [0.15, 0.2) is 29.3 Å². The molecule has 0 saturated heterocycles. The first kappa shape index (κ1) is 25.5. The predicted molar refractivity (Wildman–Crippen MR) is 130 cm³/mol. The molecule has 1 aromatic heterocycles. The number of aromatic hydroxyl groups is 1. The number of hydrogen-bond donors (Lipinski definition) is 3. The lowest BCUT2D eigenvalue weighted by atomic mass is 9.90. The molecule has 0 spiro atoms. The second-order valence-electron chi connectivity index (χ2n) is 9.02. The van der Waals surface area contributed by atoms with Crippen molar-refractivity contribution in [1.82, 2.24) is 9.71 Å². The number of nitrogens with zero attached hydrogens (tertiary/aromatic N) is 1. The highest BCUT2D eigenvalue weighted by Gasteiger charge is 2.20. The minimum Gasteiger partial charge on any atom is -0.508 e. The van der Waals surface area contributed by atoms with E-state index in [9.17, 15) is 9.90 Å². The fourth-order valence-corrected chi connectivity index (χ4v) is 5.26. The first-order valence-electron chi connectivity index (χ1n) is 10.7. The van der Waals surface area contributed by atoms with Crippen LogP contribution in [0.4, 0.5) is 4.79 Å². The summed E-state index contributed by atoms with van der Waals surface area (Å²) >= 11 is 3.39. The topological polar surface area (TPSA) is 97.5 Å². The van der Waals surface area contributed by atoms with Gasteiger partial charge in [0.1, 0.15) is 5.75 Å². The highest BCUT2D eigenvalue weighted by atomic mass is 32.2. The molecule has 1 aliphatic rings. The van der Waals surface area contributed by atoms with E-state index >= 15 is 0 Å². The number of rotatable bonds is 5. The number of carbonyl (C=O) groups excluding carboxylic acids is 1. The third-order valence-corrected chi connectivity index (χ3v) is 6.99. The van der Waals surface area contributed by atoms with Crippen LogP contribution in [-0.4, -0.2) is 27.8 Å². The Morgan fingerprint density at radius 1 is 1.29 bits per heavy atom. The number of hydrogen-bond acceptors (Lipinski definition) is 7. The van der Waals surface area contributed by atoms with Crippen molar-refractivity contribution in [1.29, 1.82) is 0 Å². The van der Waals surface area contributed by atoms with Crippen LogP contribution in [0, 0.1) is 0 Å². The third-order valence-electron chi connectivity index (χ3n) is 4.53.